The summed E-state index contributed by atoms with van der Waals surface area (Å²) < 4.78 is 5.61. The van der Waals surface area contributed by atoms with Crippen LogP contribution < -0.4 is 4.74 Å². The third-order valence-electron chi connectivity index (χ3n) is 2.55. The standard InChI is InChI=1S/C14H12N2O/c1-11-4-2-3-5-13(11)10-17-14-9-16-7-6-12(14)8-15/h2-7,9H,10H2,1H3. The molecule has 0 aliphatic heterocycles. The molecular weight excluding hydrogens is 212 g/mol. The van der Waals surface area contributed by atoms with Crippen LogP contribution in [0.2, 0.25) is 0 Å². The lowest BCUT2D eigenvalue weighted by Crippen LogP contribution is -1.99. The fourth-order valence-corrected chi connectivity index (χ4v) is 1.51. The summed E-state index contributed by atoms with van der Waals surface area (Å²) in [6, 6.07) is 11.7. The highest BCUT2D eigenvalue weighted by molar-refractivity contribution is 5.40. The molecule has 2 aromatic rings. The van der Waals surface area contributed by atoms with Crippen molar-refractivity contribution in [1.29, 1.82) is 5.26 Å². The van der Waals surface area contributed by atoms with Crippen molar-refractivity contribution in [3.8, 4) is 11.8 Å². The summed E-state index contributed by atoms with van der Waals surface area (Å²) in [5.41, 5.74) is 2.80. The van der Waals surface area contributed by atoms with Crippen molar-refractivity contribution in [2.45, 2.75) is 13.5 Å². The predicted octanol–water partition coefficient (Wildman–Crippen LogP) is 2.84. The SMILES string of the molecule is Cc1ccccc1COc1cnccc1C#N. The first-order chi connectivity index (χ1) is 8.31. The minimum atomic E-state index is 0.451. The Morgan fingerprint density at radius 2 is 2.12 bits per heavy atom. The Morgan fingerprint density at radius 1 is 1.29 bits per heavy atom. The van der Waals surface area contributed by atoms with Gasteiger partial charge < -0.3 is 4.74 Å². The number of benzene rings is 1. The minimum absolute atomic E-state index is 0.451. The second-order valence-corrected chi connectivity index (χ2v) is 3.70. The first-order valence-electron chi connectivity index (χ1n) is 5.32. The van der Waals surface area contributed by atoms with Crippen LogP contribution in [0.4, 0.5) is 0 Å². The Labute approximate surface area is 100 Å². The second kappa shape index (κ2) is 5.13. The van der Waals surface area contributed by atoms with Gasteiger partial charge >= 0.3 is 0 Å². The highest BCUT2D eigenvalue weighted by Gasteiger charge is 2.03. The first kappa shape index (κ1) is 11.2. The molecular formula is C14H12N2O. The first-order valence-corrected chi connectivity index (χ1v) is 5.32. The lowest BCUT2D eigenvalue weighted by atomic mass is 10.1. The average molecular weight is 224 g/mol. The van der Waals surface area contributed by atoms with E-state index in [0.29, 0.717) is 17.9 Å². The normalized spacial score (nSPS) is 9.65. The summed E-state index contributed by atoms with van der Waals surface area (Å²) in [4.78, 5) is 3.95. The molecule has 3 heteroatoms. The van der Waals surface area contributed by atoms with Gasteiger partial charge in [-0.05, 0) is 24.1 Å². The van der Waals surface area contributed by atoms with E-state index in [0.717, 1.165) is 5.56 Å². The van der Waals surface area contributed by atoms with Gasteiger partial charge in [-0.15, -0.1) is 0 Å². The maximum Gasteiger partial charge on any atom is 0.155 e. The van der Waals surface area contributed by atoms with E-state index in [-0.39, 0.29) is 0 Å². The Morgan fingerprint density at radius 3 is 2.88 bits per heavy atom. The topological polar surface area (TPSA) is 45.9 Å². The molecule has 1 aromatic heterocycles. The van der Waals surface area contributed by atoms with E-state index < -0.39 is 0 Å². The van der Waals surface area contributed by atoms with Gasteiger partial charge in [0.1, 0.15) is 12.7 Å². The number of aryl methyl sites for hydroxylation is 1. The van der Waals surface area contributed by atoms with Crippen molar-refractivity contribution in [3.63, 3.8) is 0 Å². The highest BCUT2D eigenvalue weighted by atomic mass is 16.5. The highest BCUT2D eigenvalue weighted by Crippen LogP contribution is 2.17. The van der Waals surface area contributed by atoms with Crippen LogP contribution in [0, 0.1) is 18.3 Å². The number of aromatic nitrogens is 1. The molecule has 0 unspecified atom stereocenters. The van der Waals surface area contributed by atoms with Crippen LogP contribution in [0.3, 0.4) is 0 Å². The fourth-order valence-electron chi connectivity index (χ4n) is 1.51. The summed E-state index contributed by atoms with van der Waals surface area (Å²) >= 11 is 0. The van der Waals surface area contributed by atoms with Crippen molar-refractivity contribution in [2.24, 2.45) is 0 Å². The third-order valence-corrected chi connectivity index (χ3v) is 2.55. The Bertz CT molecular complexity index is 558. The molecule has 1 heterocycles. The van der Waals surface area contributed by atoms with E-state index in [4.69, 9.17) is 10.00 Å². The molecule has 0 bridgehead atoms. The zero-order chi connectivity index (χ0) is 12.1. The van der Waals surface area contributed by atoms with Crippen molar-refractivity contribution in [3.05, 3.63) is 59.4 Å². The van der Waals surface area contributed by atoms with Gasteiger partial charge in [-0.2, -0.15) is 5.26 Å². The van der Waals surface area contributed by atoms with E-state index in [1.54, 1.807) is 18.5 Å². The second-order valence-electron chi connectivity index (χ2n) is 3.70. The molecule has 84 valence electrons. The van der Waals surface area contributed by atoms with Gasteiger partial charge in [0, 0.05) is 6.20 Å². The maximum absolute atomic E-state index is 8.91. The molecule has 0 saturated heterocycles. The molecule has 0 spiro atoms. The Balaban J connectivity index is 2.13. The van der Waals surface area contributed by atoms with Gasteiger partial charge in [-0.3, -0.25) is 4.98 Å². The zero-order valence-electron chi connectivity index (χ0n) is 9.55. The molecule has 0 atom stereocenters. The Kier molecular flexibility index (Phi) is 3.37. The number of nitrogens with zero attached hydrogens (tertiary/aromatic N) is 2. The molecule has 0 fully saturated rings. The van der Waals surface area contributed by atoms with Crippen molar-refractivity contribution in [2.75, 3.05) is 0 Å². The van der Waals surface area contributed by atoms with Gasteiger partial charge in [0.05, 0.1) is 11.8 Å². The summed E-state index contributed by atoms with van der Waals surface area (Å²) in [5, 5.41) is 8.91. The molecule has 0 radical (unpaired) electrons. The molecule has 17 heavy (non-hydrogen) atoms. The monoisotopic (exact) mass is 224 g/mol. The lowest BCUT2D eigenvalue weighted by molar-refractivity contribution is 0.303. The van der Waals surface area contributed by atoms with Crippen LogP contribution in [0.5, 0.6) is 5.75 Å². The van der Waals surface area contributed by atoms with Crippen LogP contribution in [0.1, 0.15) is 16.7 Å². The number of hydrogen-bond donors (Lipinski definition) is 0. The fraction of sp³-hybridized carbons (Fsp3) is 0.143. The summed E-state index contributed by atoms with van der Waals surface area (Å²) in [7, 11) is 0. The number of rotatable bonds is 3. The van der Waals surface area contributed by atoms with E-state index in [1.165, 1.54) is 5.56 Å². The van der Waals surface area contributed by atoms with E-state index in [1.807, 2.05) is 31.2 Å². The molecule has 0 N–H and O–H groups in total. The largest absolute Gasteiger partial charge is 0.486 e. The van der Waals surface area contributed by atoms with Crippen LogP contribution in [0.25, 0.3) is 0 Å². The summed E-state index contributed by atoms with van der Waals surface area (Å²) in [6.07, 6.45) is 3.15. The predicted molar refractivity (Wildman–Crippen MR) is 64.5 cm³/mol. The van der Waals surface area contributed by atoms with E-state index in [9.17, 15) is 0 Å². The molecule has 0 saturated carbocycles. The van der Waals surface area contributed by atoms with Crippen LogP contribution in [0.15, 0.2) is 42.7 Å². The molecule has 3 nitrogen and oxygen atoms in total. The van der Waals surface area contributed by atoms with Gasteiger partial charge in [0.25, 0.3) is 0 Å². The average Bonchev–Trinajstić information content (AvgIpc) is 2.38. The molecule has 0 aliphatic carbocycles. The van der Waals surface area contributed by atoms with Gasteiger partial charge in [0.2, 0.25) is 0 Å². The van der Waals surface area contributed by atoms with Crippen molar-refractivity contribution >= 4 is 0 Å². The third kappa shape index (κ3) is 2.61. The van der Waals surface area contributed by atoms with Crippen molar-refractivity contribution < 1.29 is 4.74 Å². The van der Waals surface area contributed by atoms with Gasteiger partial charge in [0.15, 0.2) is 5.75 Å². The van der Waals surface area contributed by atoms with Crippen LogP contribution in [-0.2, 0) is 6.61 Å². The number of pyridine rings is 1. The smallest absolute Gasteiger partial charge is 0.155 e. The Hall–Kier alpha value is -2.34. The molecule has 0 amide bonds. The van der Waals surface area contributed by atoms with Crippen molar-refractivity contribution in [1.82, 2.24) is 4.98 Å². The summed E-state index contributed by atoms with van der Waals surface area (Å²) in [6.45, 7) is 2.49. The molecule has 0 aliphatic rings. The number of hydrogen-bond acceptors (Lipinski definition) is 3. The zero-order valence-corrected chi connectivity index (χ0v) is 9.55. The maximum atomic E-state index is 8.91. The minimum Gasteiger partial charge on any atom is -0.486 e. The quantitative estimate of drug-likeness (QED) is 0.805. The van der Waals surface area contributed by atoms with E-state index in [2.05, 4.69) is 11.1 Å². The van der Waals surface area contributed by atoms with Gasteiger partial charge in [-0.1, -0.05) is 24.3 Å². The summed E-state index contributed by atoms with van der Waals surface area (Å²) in [5.74, 6) is 0.526. The molecule has 2 rings (SSSR count). The molecule has 1 aromatic carbocycles. The van der Waals surface area contributed by atoms with Crippen LogP contribution in [-0.4, -0.2) is 4.98 Å². The number of nitriles is 1. The lowest BCUT2D eigenvalue weighted by Gasteiger charge is -2.08. The van der Waals surface area contributed by atoms with Gasteiger partial charge in [-0.25, -0.2) is 0 Å². The number of ether oxygens (including phenoxy) is 1. The van der Waals surface area contributed by atoms with Crippen LogP contribution >= 0.6 is 0 Å². The van der Waals surface area contributed by atoms with E-state index >= 15 is 0 Å².